The fraction of sp³-hybridized carbons (Fsp3) is 0.179. The molecule has 0 radical (unpaired) electrons. The summed E-state index contributed by atoms with van der Waals surface area (Å²) >= 11 is 0. The van der Waals surface area contributed by atoms with Crippen LogP contribution in [0.25, 0.3) is 22.3 Å². The van der Waals surface area contributed by atoms with Gasteiger partial charge in [-0.15, -0.1) is 0 Å². The van der Waals surface area contributed by atoms with Crippen molar-refractivity contribution >= 4 is 11.7 Å². The van der Waals surface area contributed by atoms with Crippen LogP contribution < -0.4 is 5.32 Å². The van der Waals surface area contributed by atoms with Crippen molar-refractivity contribution in [2.24, 2.45) is 9.98 Å². The lowest BCUT2D eigenvalue weighted by atomic mass is 9.77. The molecule has 0 aromatic heterocycles. The lowest BCUT2D eigenvalue weighted by Crippen LogP contribution is -2.36. The maximum atomic E-state index is 5.14. The molecule has 1 N–H and O–H groups in total. The monoisotopic (exact) mass is 543 g/mol. The van der Waals surface area contributed by atoms with E-state index in [0.717, 1.165) is 28.4 Å². The predicted molar refractivity (Wildman–Crippen MR) is 173 cm³/mol. The Morgan fingerprint density at radius 2 is 0.976 bits per heavy atom. The van der Waals surface area contributed by atoms with Crippen LogP contribution in [-0.2, 0) is 10.8 Å². The third-order valence-corrected chi connectivity index (χ3v) is 9.53. The summed E-state index contributed by atoms with van der Waals surface area (Å²) in [5, 5.41) is 3.51. The highest BCUT2D eigenvalue weighted by Crippen LogP contribution is 2.56. The minimum atomic E-state index is -0.344. The molecule has 3 aliphatic rings. The summed E-state index contributed by atoms with van der Waals surface area (Å²) in [6, 6.07) is 41.4. The average Bonchev–Trinajstić information content (AvgIpc) is 3.40. The highest BCUT2D eigenvalue weighted by atomic mass is 15.2. The molecular weight excluding hydrogens is 510 g/mol. The Morgan fingerprint density at radius 3 is 1.60 bits per heavy atom. The van der Waals surface area contributed by atoms with Gasteiger partial charge in [-0.1, -0.05) is 131 Å². The third-order valence-electron chi connectivity index (χ3n) is 9.53. The minimum absolute atomic E-state index is 0.0167. The lowest BCUT2D eigenvalue weighted by molar-refractivity contribution is 0.639. The summed E-state index contributed by atoms with van der Waals surface area (Å²) in [5.41, 5.74) is 14.0. The predicted octanol–water partition coefficient (Wildman–Crippen LogP) is 8.79. The Labute approximate surface area is 247 Å². The third kappa shape index (κ3) is 3.59. The van der Waals surface area contributed by atoms with Gasteiger partial charge < -0.3 is 5.32 Å². The zero-order valence-corrected chi connectivity index (χ0v) is 24.4. The fourth-order valence-electron chi connectivity index (χ4n) is 7.21. The highest BCUT2D eigenvalue weighted by Gasteiger charge is 2.41. The molecular formula is C39H33N3. The summed E-state index contributed by atoms with van der Waals surface area (Å²) in [7, 11) is 0. The molecule has 0 saturated heterocycles. The largest absolute Gasteiger partial charge is 0.324 e. The van der Waals surface area contributed by atoms with Crippen LogP contribution in [0, 0.1) is 0 Å². The lowest BCUT2D eigenvalue weighted by Gasteiger charge is -2.26. The Morgan fingerprint density at radius 1 is 0.476 bits per heavy atom. The molecule has 0 fully saturated rings. The molecule has 8 rings (SSSR count). The van der Waals surface area contributed by atoms with E-state index < -0.39 is 0 Å². The first kappa shape index (κ1) is 25.0. The molecule has 3 nitrogen and oxygen atoms in total. The van der Waals surface area contributed by atoms with E-state index in [1.54, 1.807) is 0 Å². The molecule has 0 atom stereocenters. The van der Waals surface area contributed by atoms with Crippen LogP contribution in [0.1, 0.15) is 72.8 Å². The zero-order valence-electron chi connectivity index (χ0n) is 24.4. The summed E-state index contributed by atoms with van der Waals surface area (Å²) in [6.45, 7) is 9.44. The van der Waals surface area contributed by atoms with Crippen molar-refractivity contribution in [1.29, 1.82) is 0 Å². The second-order valence-corrected chi connectivity index (χ2v) is 12.7. The molecule has 204 valence electrons. The SMILES string of the molecule is CC1(C)c2ccccc2-c2cc3c(cc21)C(C)(C)c1ccc(C2N=C(c4ccccc4)NC(c4ccccc4)=N2)cc1-3. The van der Waals surface area contributed by atoms with Crippen molar-refractivity contribution in [1.82, 2.24) is 5.32 Å². The zero-order chi connectivity index (χ0) is 28.6. The molecule has 2 aliphatic carbocycles. The van der Waals surface area contributed by atoms with Gasteiger partial charge in [0.05, 0.1) is 0 Å². The fourth-order valence-corrected chi connectivity index (χ4v) is 7.21. The molecule has 42 heavy (non-hydrogen) atoms. The van der Waals surface area contributed by atoms with E-state index in [4.69, 9.17) is 9.98 Å². The first-order valence-corrected chi connectivity index (χ1v) is 14.8. The molecule has 3 heteroatoms. The number of amidine groups is 2. The standard InChI is InChI=1S/C39H33N3/c1-38(2)31-18-12-11-17-27(31)29-22-30-28-21-26(19-20-32(28)39(3,4)34(30)23-33(29)38)37-41-35(24-13-7-5-8-14-24)40-36(42-37)25-15-9-6-10-16-25/h5-23,37H,1-4H3,(H,40,41,42). The molecule has 5 aromatic rings. The number of hydrogen-bond acceptors (Lipinski definition) is 3. The van der Waals surface area contributed by atoms with Gasteiger partial charge in [0.15, 0.2) is 6.17 Å². The first-order chi connectivity index (χ1) is 20.3. The first-order valence-electron chi connectivity index (χ1n) is 14.8. The Kier molecular flexibility index (Phi) is 5.28. The van der Waals surface area contributed by atoms with Gasteiger partial charge in [0, 0.05) is 22.0 Å². The average molecular weight is 544 g/mol. The topological polar surface area (TPSA) is 36.8 Å². The van der Waals surface area contributed by atoms with Gasteiger partial charge in [-0.3, -0.25) is 0 Å². The van der Waals surface area contributed by atoms with Crippen molar-refractivity contribution in [2.75, 3.05) is 0 Å². The highest BCUT2D eigenvalue weighted by molar-refractivity contribution is 6.15. The van der Waals surface area contributed by atoms with E-state index in [9.17, 15) is 0 Å². The van der Waals surface area contributed by atoms with Crippen LogP contribution in [-0.4, -0.2) is 11.7 Å². The van der Waals surface area contributed by atoms with Crippen molar-refractivity contribution in [3.05, 3.63) is 154 Å². The van der Waals surface area contributed by atoms with Gasteiger partial charge in [0.25, 0.3) is 0 Å². The van der Waals surface area contributed by atoms with Crippen LogP contribution in [0.15, 0.2) is 125 Å². The van der Waals surface area contributed by atoms with Gasteiger partial charge in [0.2, 0.25) is 0 Å². The quantitative estimate of drug-likeness (QED) is 0.243. The van der Waals surface area contributed by atoms with Crippen molar-refractivity contribution in [3.63, 3.8) is 0 Å². The maximum Gasteiger partial charge on any atom is 0.169 e. The number of aliphatic imine (C=N–C) groups is 2. The second-order valence-electron chi connectivity index (χ2n) is 12.7. The van der Waals surface area contributed by atoms with Gasteiger partial charge in [0.1, 0.15) is 11.7 Å². The van der Waals surface area contributed by atoms with E-state index in [-0.39, 0.29) is 17.0 Å². The van der Waals surface area contributed by atoms with E-state index in [1.807, 2.05) is 12.1 Å². The number of nitrogens with zero attached hydrogens (tertiary/aromatic N) is 2. The van der Waals surface area contributed by atoms with E-state index >= 15 is 0 Å². The number of benzene rings is 5. The van der Waals surface area contributed by atoms with Crippen LogP contribution in [0.5, 0.6) is 0 Å². The van der Waals surface area contributed by atoms with Gasteiger partial charge >= 0.3 is 0 Å². The number of fused-ring (bicyclic) bond motifs is 6. The molecule has 0 bridgehead atoms. The van der Waals surface area contributed by atoms with Gasteiger partial charge in [-0.2, -0.15) is 0 Å². The number of hydrogen-bond donors (Lipinski definition) is 1. The van der Waals surface area contributed by atoms with Crippen molar-refractivity contribution in [2.45, 2.75) is 44.7 Å². The minimum Gasteiger partial charge on any atom is -0.324 e. The maximum absolute atomic E-state index is 5.14. The Balaban J connectivity index is 1.29. The summed E-state index contributed by atoms with van der Waals surface area (Å²) in [6.07, 6.45) is -0.344. The van der Waals surface area contributed by atoms with Crippen molar-refractivity contribution in [3.8, 4) is 22.3 Å². The molecule has 0 amide bonds. The molecule has 5 aromatic carbocycles. The summed E-state index contributed by atoms with van der Waals surface area (Å²) < 4.78 is 0. The van der Waals surface area contributed by atoms with Crippen LogP contribution >= 0.6 is 0 Å². The molecule has 0 saturated carbocycles. The van der Waals surface area contributed by atoms with Crippen LogP contribution in [0.4, 0.5) is 0 Å². The van der Waals surface area contributed by atoms with E-state index in [2.05, 4.69) is 136 Å². The molecule has 1 aliphatic heterocycles. The van der Waals surface area contributed by atoms with E-state index in [0.29, 0.717) is 0 Å². The smallest absolute Gasteiger partial charge is 0.169 e. The Bertz CT molecular complexity index is 1890. The number of nitrogens with one attached hydrogen (secondary N) is 1. The van der Waals surface area contributed by atoms with Gasteiger partial charge in [-0.05, 0) is 62.2 Å². The van der Waals surface area contributed by atoms with E-state index in [1.165, 1.54) is 44.5 Å². The molecule has 1 heterocycles. The summed E-state index contributed by atoms with van der Waals surface area (Å²) in [5.74, 6) is 1.68. The number of rotatable bonds is 3. The van der Waals surface area contributed by atoms with Crippen LogP contribution in [0.3, 0.4) is 0 Å². The normalized spacial score (nSPS) is 17.3. The second kappa shape index (κ2) is 8.87. The summed E-state index contributed by atoms with van der Waals surface area (Å²) in [4.78, 5) is 10.3. The van der Waals surface area contributed by atoms with Gasteiger partial charge in [-0.25, -0.2) is 9.98 Å². The van der Waals surface area contributed by atoms with Crippen LogP contribution in [0.2, 0.25) is 0 Å². The van der Waals surface area contributed by atoms with Crippen molar-refractivity contribution < 1.29 is 0 Å². The molecule has 0 spiro atoms. The molecule has 0 unspecified atom stereocenters. The Hall–Kier alpha value is -4.76.